The Morgan fingerprint density at radius 2 is 1.34 bits per heavy atom. The van der Waals surface area contributed by atoms with Crippen LogP contribution in [0.25, 0.3) is 0 Å². The van der Waals surface area contributed by atoms with Crippen LogP contribution in [0.5, 0.6) is 0 Å². The normalized spacial score (nSPS) is 16.5. The molecule has 3 aromatic rings. The average Bonchev–Trinajstić information content (AvgIpc) is 3.09. The van der Waals surface area contributed by atoms with Crippen molar-refractivity contribution in [3.05, 3.63) is 93.5 Å². The van der Waals surface area contributed by atoms with Crippen molar-refractivity contribution < 1.29 is 9.59 Å². The molecule has 3 aromatic carbocycles. The number of carbonyl (C=O) groups excluding carboxylic acids is 2. The molecule has 35 heavy (non-hydrogen) atoms. The van der Waals surface area contributed by atoms with E-state index < -0.39 is 5.54 Å². The first-order chi connectivity index (χ1) is 16.6. The van der Waals surface area contributed by atoms with Crippen molar-refractivity contribution in [2.45, 2.75) is 24.8 Å². The highest BCUT2D eigenvalue weighted by atomic mass is 32.2. The maximum absolute atomic E-state index is 13.8. The van der Waals surface area contributed by atoms with Gasteiger partial charge in [0, 0.05) is 73.8 Å². The fraction of sp³-hybridized carbons (Fsp3) is 0.286. The van der Waals surface area contributed by atoms with E-state index in [9.17, 15) is 9.59 Å². The van der Waals surface area contributed by atoms with E-state index in [1.807, 2.05) is 34.3 Å². The molecule has 0 radical (unpaired) electrons. The average molecular weight is 487 g/mol. The first-order valence-electron chi connectivity index (χ1n) is 11.5. The molecule has 0 fully saturated rings. The van der Waals surface area contributed by atoms with E-state index in [0.717, 1.165) is 57.6 Å². The topological polar surface area (TPSA) is 69.9 Å². The van der Waals surface area contributed by atoms with E-state index in [2.05, 4.69) is 60.0 Å². The molecule has 1 aliphatic carbocycles. The highest BCUT2D eigenvalue weighted by Crippen LogP contribution is 2.59. The standard InChI is InChI=1S/C28H30N4O2S/c1-27(2)24-14-18(30(3)4)8-11-21(24)28(22-12-9-19(31(5)6)15-25(22)27)23-13-17(16-33)7-10-20(23)26(34)32(28)35-29/h7-16H,29H2,1-6H3. The van der Waals surface area contributed by atoms with Crippen molar-refractivity contribution in [2.75, 3.05) is 38.0 Å². The lowest BCUT2D eigenvalue weighted by molar-refractivity contribution is 0.0841. The molecule has 2 N–H and O–H groups in total. The zero-order valence-corrected chi connectivity index (χ0v) is 21.7. The number of rotatable bonds is 4. The second kappa shape index (κ2) is 7.86. The minimum atomic E-state index is -0.958. The van der Waals surface area contributed by atoms with Crippen molar-refractivity contribution in [1.82, 2.24) is 4.31 Å². The van der Waals surface area contributed by atoms with Gasteiger partial charge in [-0.3, -0.25) is 14.7 Å². The molecular weight excluding hydrogens is 456 g/mol. The van der Waals surface area contributed by atoms with Gasteiger partial charge in [0.2, 0.25) is 0 Å². The summed E-state index contributed by atoms with van der Waals surface area (Å²) >= 11 is 0.939. The summed E-state index contributed by atoms with van der Waals surface area (Å²) < 4.78 is 1.68. The molecule has 1 amide bonds. The van der Waals surface area contributed by atoms with E-state index in [0.29, 0.717) is 11.1 Å². The smallest absolute Gasteiger partial charge is 0.266 e. The second-order valence-corrected chi connectivity index (χ2v) is 10.8. The zero-order valence-electron chi connectivity index (χ0n) is 20.9. The number of hydrogen-bond donors (Lipinski definition) is 1. The van der Waals surface area contributed by atoms with Crippen LogP contribution in [0.2, 0.25) is 0 Å². The third kappa shape index (κ3) is 3.01. The van der Waals surface area contributed by atoms with Gasteiger partial charge in [0.25, 0.3) is 5.91 Å². The number of carbonyl (C=O) groups is 2. The number of hydrogen-bond acceptors (Lipinski definition) is 6. The van der Waals surface area contributed by atoms with Gasteiger partial charge >= 0.3 is 0 Å². The van der Waals surface area contributed by atoms with Crippen LogP contribution >= 0.6 is 12.1 Å². The van der Waals surface area contributed by atoms with E-state index in [-0.39, 0.29) is 11.3 Å². The molecule has 1 aliphatic heterocycles. The van der Waals surface area contributed by atoms with Gasteiger partial charge in [-0.05, 0) is 58.7 Å². The highest BCUT2D eigenvalue weighted by molar-refractivity contribution is 7.95. The predicted octanol–water partition coefficient (Wildman–Crippen LogP) is 4.54. The molecule has 0 saturated carbocycles. The molecule has 7 heteroatoms. The molecular formula is C28H30N4O2S. The fourth-order valence-electron chi connectivity index (χ4n) is 5.70. The fourth-order valence-corrected chi connectivity index (χ4v) is 6.35. The Morgan fingerprint density at radius 1 is 0.800 bits per heavy atom. The molecule has 5 rings (SSSR count). The Labute approximate surface area is 211 Å². The van der Waals surface area contributed by atoms with Crippen LogP contribution in [0.4, 0.5) is 11.4 Å². The Hall–Kier alpha value is -3.29. The van der Waals surface area contributed by atoms with Gasteiger partial charge in [-0.15, -0.1) is 0 Å². The number of fused-ring (bicyclic) bond motifs is 6. The van der Waals surface area contributed by atoms with Crippen LogP contribution in [-0.2, 0) is 11.0 Å². The number of nitrogens with two attached hydrogens (primary N) is 1. The van der Waals surface area contributed by atoms with Crippen LogP contribution in [-0.4, -0.2) is 44.7 Å². The lowest BCUT2D eigenvalue weighted by Gasteiger charge is -2.49. The SMILES string of the molecule is CN(C)c1ccc2c(c1)C(C)(C)c1cc(N(C)C)ccc1C21c2cc(C=O)ccc2C(=O)N1SN. The van der Waals surface area contributed by atoms with Gasteiger partial charge in [-0.25, -0.2) is 4.31 Å². The summed E-state index contributed by atoms with van der Waals surface area (Å²) in [6.45, 7) is 4.46. The summed E-state index contributed by atoms with van der Waals surface area (Å²) in [6.07, 6.45) is 0.829. The number of amides is 1. The Kier molecular flexibility index (Phi) is 5.27. The molecule has 2 aliphatic rings. The van der Waals surface area contributed by atoms with Crippen molar-refractivity contribution in [1.29, 1.82) is 0 Å². The predicted molar refractivity (Wildman–Crippen MR) is 143 cm³/mol. The van der Waals surface area contributed by atoms with E-state index in [1.54, 1.807) is 16.4 Å². The summed E-state index contributed by atoms with van der Waals surface area (Å²) in [4.78, 5) is 29.7. The van der Waals surface area contributed by atoms with E-state index in [4.69, 9.17) is 5.14 Å². The van der Waals surface area contributed by atoms with Crippen molar-refractivity contribution >= 4 is 35.7 Å². The molecule has 0 aromatic heterocycles. The second-order valence-electron chi connectivity index (χ2n) is 10.2. The number of benzene rings is 3. The summed E-state index contributed by atoms with van der Waals surface area (Å²) in [5.41, 5.74) is 7.02. The quantitative estimate of drug-likeness (QED) is 0.431. The molecule has 1 spiro atoms. The molecule has 0 atom stereocenters. The number of anilines is 2. The Bertz CT molecular complexity index is 1320. The minimum absolute atomic E-state index is 0.157. The summed E-state index contributed by atoms with van der Waals surface area (Å²) in [5, 5.41) is 6.25. The number of aldehydes is 1. The molecule has 6 nitrogen and oxygen atoms in total. The molecule has 0 bridgehead atoms. The van der Waals surface area contributed by atoms with Crippen molar-refractivity contribution in [2.24, 2.45) is 5.14 Å². The molecule has 180 valence electrons. The molecule has 0 saturated heterocycles. The Balaban J connectivity index is 1.98. The number of nitrogens with zero attached hydrogens (tertiary/aromatic N) is 3. The summed E-state index contributed by atoms with van der Waals surface area (Å²) in [7, 11) is 8.10. The van der Waals surface area contributed by atoms with Gasteiger partial charge in [0.1, 0.15) is 11.8 Å². The highest BCUT2D eigenvalue weighted by Gasteiger charge is 2.58. The summed E-state index contributed by atoms with van der Waals surface area (Å²) in [6, 6.07) is 18.1. The lowest BCUT2D eigenvalue weighted by Crippen LogP contribution is -2.48. The maximum atomic E-state index is 13.8. The molecule has 0 unspecified atom stereocenters. The van der Waals surface area contributed by atoms with Gasteiger partial charge < -0.3 is 9.80 Å². The third-order valence-corrected chi connectivity index (χ3v) is 8.21. The largest absolute Gasteiger partial charge is 0.378 e. The van der Waals surface area contributed by atoms with Gasteiger partial charge in [-0.2, -0.15) is 0 Å². The third-order valence-electron chi connectivity index (χ3n) is 7.56. The zero-order chi connectivity index (χ0) is 25.3. The first-order valence-corrected chi connectivity index (χ1v) is 12.4. The van der Waals surface area contributed by atoms with Crippen LogP contribution in [0.15, 0.2) is 54.6 Å². The minimum Gasteiger partial charge on any atom is -0.378 e. The van der Waals surface area contributed by atoms with E-state index >= 15 is 0 Å². The van der Waals surface area contributed by atoms with Crippen molar-refractivity contribution in [3.8, 4) is 0 Å². The van der Waals surface area contributed by atoms with Crippen LogP contribution in [0.1, 0.15) is 62.4 Å². The van der Waals surface area contributed by atoms with Gasteiger partial charge in [0.15, 0.2) is 0 Å². The van der Waals surface area contributed by atoms with Crippen LogP contribution in [0, 0.1) is 0 Å². The summed E-state index contributed by atoms with van der Waals surface area (Å²) in [5.74, 6) is -0.157. The lowest BCUT2D eigenvalue weighted by atomic mass is 9.60. The first kappa shape index (κ1) is 23.5. The Morgan fingerprint density at radius 3 is 1.80 bits per heavy atom. The monoisotopic (exact) mass is 486 g/mol. The van der Waals surface area contributed by atoms with Gasteiger partial charge in [0.05, 0.1) is 0 Å². The van der Waals surface area contributed by atoms with Crippen LogP contribution < -0.4 is 14.9 Å². The van der Waals surface area contributed by atoms with E-state index in [1.165, 1.54) is 0 Å². The van der Waals surface area contributed by atoms with Crippen LogP contribution in [0.3, 0.4) is 0 Å². The van der Waals surface area contributed by atoms with Gasteiger partial charge in [-0.1, -0.05) is 32.0 Å². The molecule has 1 heterocycles. The van der Waals surface area contributed by atoms with Crippen molar-refractivity contribution in [3.63, 3.8) is 0 Å². The maximum Gasteiger partial charge on any atom is 0.266 e.